The quantitative estimate of drug-likeness (QED) is 0.734. The minimum absolute atomic E-state index is 0.144. The summed E-state index contributed by atoms with van der Waals surface area (Å²) in [6.45, 7) is 0. The third kappa shape index (κ3) is 1.82. The molecule has 18 heavy (non-hydrogen) atoms. The van der Waals surface area contributed by atoms with Crippen molar-refractivity contribution in [1.29, 1.82) is 0 Å². The molecular formula is C11H5ClF3O3-. The van der Waals surface area contributed by atoms with Crippen molar-refractivity contribution in [1.82, 2.24) is 0 Å². The monoisotopic (exact) mass is 277 g/mol. The van der Waals surface area contributed by atoms with Crippen LogP contribution in [-0.2, 0) is 4.79 Å². The second-order valence-electron chi connectivity index (χ2n) is 3.58. The zero-order valence-electron chi connectivity index (χ0n) is 8.62. The van der Waals surface area contributed by atoms with Crippen LogP contribution in [0.2, 0.25) is 0 Å². The largest absolute Gasteiger partial charge is 0.545 e. The van der Waals surface area contributed by atoms with Crippen LogP contribution in [0.5, 0.6) is 5.75 Å². The van der Waals surface area contributed by atoms with Gasteiger partial charge in [0, 0.05) is 11.1 Å². The molecule has 0 fully saturated rings. The molecule has 0 aliphatic carbocycles. The fraction of sp³-hybridized carbons (Fsp3) is 0.182. The maximum absolute atomic E-state index is 12.8. The maximum Gasteiger partial charge on any atom is 0.448 e. The highest BCUT2D eigenvalue weighted by Crippen LogP contribution is 2.47. The molecule has 2 rings (SSSR count). The molecule has 1 aliphatic rings. The van der Waals surface area contributed by atoms with Crippen molar-refractivity contribution in [2.24, 2.45) is 0 Å². The van der Waals surface area contributed by atoms with Crippen LogP contribution in [0, 0.1) is 0 Å². The van der Waals surface area contributed by atoms with Crippen LogP contribution in [0.25, 0.3) is 6.08 Å². The summed E-state index contributed by atoms with van der Waals surface area (Å²) in [5.74, 6) is -2.17. The maximum atomic E-state index is 12.8. The third-order valence-corrected chi connectivity index (χ3v) is 2.90. The van der Waals surface area contributed by atoms with Gasteiger partial charge in [0.2, 0.25) is 0 Å². The molecule has 1 aromatic carbocycles. The highest BCUT2D eigenvalue weighted by atomic mass is 35.5. The van der Waals surface area contributed by atoms with Gasteiger partial charge in [0.25, 0.3) is 0 Å². The van der Waals surface area contributed by atoms with Crippen molar-refractivity contribution in [2.45, 2.75) is 11.2 Å². The number of aliphatic carboxylic acids is 1. The first kappa shape index (κ1) is 12.8. The second-order valence-corrected chi connectivity index (χ2v) is 4.11. The molecule has 0 spiro atoms. The van der Waals surface area contributed by atoms with E-state index in [-0.39, 0.29) is 11.3 Å². The second kappa shape index (κ2) is 3.91. The number of carboxylic acids is 1. The number of rotatable bonds is 1. The number of carbonyl (C=O) groups is 1. The molecule has 0 N–H and O–H groups in total. The molecule has 1 aromatic rings. The number of alkyl halides is 4. The van der Waals surface area contributed by atoms with E-state index in [0.717, 1.165) is 6.08 Å². The number of para-hydroxylation sites is 1. The highest BCUT2D eigenvalue weighted by molar-refractivity contribution is 6.29. The number of ether oxygens (including phenoxy) is 1. The fourth-order valence-corrected chi connectivity index (χ4v) is 1.76. The summed E-state index contributed by atoms with van der Waals surface area (Å²) in [7, 11) is 0. The standard InChI is InChI=1S/C11H6ClF3O3/c12-10(11(13,14)15)7(9(16)17)5-6-3-1-2-4-8(6)18-10/h1-5H,(H,16,17)/p-1. The van der Waals surface area contributed by atoms with Crippen molar-refractivity contribution >= 4 is 23.6 Å². The van der Waals surface area contributed by atoms with Crippen LogP contribution in [-0.4, -0.2) is 17.2 Å². The topological polar surface area (TPSA) is 49.4 Å². The van der Waals surface area contributed by atoms with E-state index >= 15 is 0 Å². The third-order valence-electron chi connectivity index (χ3n) is 2.40. The Hall–Kier alpha value is -1.69. The Morgan fingerprint density at radius 1 is 1.33 bits per heavy atom. The van der Waals surface area contributed by atoms with E-state index in [1.165, 1.54) is 24.3 Å². The summed E-state index contributed by atoms with van der Waals surface area (Å²) in [4.78, 5) is 10.8. The van der Waals surface area contributed by atoms with Gasteiger partial charge in [-0.05, 0) is 12.1 Å². The Morgan fingerprint density at radius 2 is 1.94 bits per heavy atom. The Bertz CT molecular complexity index is 539. The zero-order chi connectivity index (χ0) is 13.6. The zero-order valence-corrected chi connectivity index (χ0v) is 9.38. The van der Waals surface area contributed by atoms with Gasteiger partial charge in [-0.2, -0.15) is 13.2 Å². The van der Waals surface area contributed by atoms with E-state index in [1.807, 2.05) is 0 Å². The highest BCUT2D eigenvalue weighted by Gasteiger charge is 2.60. The molecular weight excluding hydrogens is 273 g/mol. The van der Waals surface area contributed by atoms with Gasteiger partial charge in [-0.15, -0.1) is 0 Å². The normalized spacial score (nSPS) is 22.8. The summed E-state index contributed by atoms with van der Waals surface area (Å²) in [5.41, 5.74) is -0.979. The van der Waals surface area contributed by atoms with E-state index in [2.05, 4.69) is 4.74 Å². The summed E-state index contributed by atoms with van der Waals surface area (Å²) in [6, 6.07) is 5.65. The number of hydrogen-bond acceptors (Lipinski definition) is 3. The van der Waals surface area contributed by atoms with Crippen molar-refractivity contribution in [2.75, 3.05) is 0 Å². The molecule has 0 aromatic heterocycles. The molecule has 1 heterocycles. The van der Waals surface area contributed by atoms with Gasteiger partial charge in [0.15, 0.2) is 0 Å². The van der Waals surface area contributed by atoms with Gasteiger partial charge in [-0.3, -0.25) is 0 Å². The van der Waals surface area contributed by atoms with E-state index in [4.69, 9.17) is 11.6 Å². The SMILES string of the molecule is O=C([O-])C1=Cc2ccccc2OC1(Cl)C(F)(F)F. The van der Waals surface area contributed by atoms with E-state index in [0.29, 0.717) is 0 Å². The van der Waals surface area contributed by atoms with Crippen molar-refractivity contribution in [3.63, 3.8) is 0 Å². The van der Waals surface area contributed by atoms with Crippen molar-refractivity contribution in [3.05, 3.63) is 35.4 Å². The van der Waals surface area contributed by atoms with Gasteiger partial charge >= 0.3 is 11.2 Å². The number of fused-ring (bicyclic) bond motifs is 1. The number of benzene rings is 1. The molecule has 96 valence electrons. The van der Waals surface area contributed by atoms with Gasteiger partial charge in [0.05, 0.1) is 5.97 Å². The van der Waals surface area contributed by atoms with Crippen molar-refractivity contribution < 1.29 is 27.8 Å². The predicted octanol–water partition coefficient (Wildman–Crippen LogP) is 1.71. The van der Waals surface area contributed by atoms with E-state index in [1.54, 1.807) is 0 Å². The molecule has 7 heteroatoms. The predicted molar refractivity (Wildman–Crippen MR) is 54.7 cm³/mol. The first-order valence-corrected chi connectivity index (χ1v) is 5.11. The molecule has 1 unspecified atom stereocenters. The lowest BCUT2D eigenvalue weighted by molar-refractivity contribution is -0.303. The fourth-order valence-electron chi connectivity index (χ4n) is 1.55. The number of hydrogen-bond donors (Lipinski definition) is 0. The lowest BCUT2D eigenvalue weighted by atomic mass is 10.0. The molecule has 1 atom stereocenters. The number of carbonyl (C=O) groups excluding carboxylic acids is 1. The van der Waals surface area contributed by atoms with Crippen LogP contribution in [0.4, 0.5) is 13.2 Å². The Kier molecular flexibility index (Phi) is 2.77. The van der Waals surface area contributed by atoms with E-state index in [9.17, 15) is 23.1 Å². The lowest BCUT2D eigenvalue weighted by Crippen LogP contribution is -2.52. The molecule has 0 saturated carbocycles. The molecule has 0 bridgehead atoms. The average molecular weight is 278 g/mol. The van der Waals surface area contributed by atoms with Gasteiger partial charge in [0.1, 0.15) is 5.75 Å². The number of halogens is 4. The van der Waals surface area contributed by atoms with Crippen LogP contribution in [0.1, 0.15) is 5.56 Å². The van der Waals surface area contributed by atoms with Crippen LogP contribution < -0.4 is 9.84 Å². The van der Waals surface area contributed by atoms with Gasteiger partial charge < -0.3 is 14.6 Å². The summed E-state index contributed by atoms with van der Waals surface area (Å²) in [6.07, 6.45) is -4.29. The minimum Gasteiger partial charge on any atom is -0.545 e. The Labute approximate surface area is 104 Å². The molecule has 3 nitrogen and oxygen atoms in total. The first-order chi connectivity index (χ1) is 8.25. The molecule has 0 radical (unpaired) electrons. The van der Waals surface area contributed by atoms with Crippen molar-refractivity contribution in [3.8, 4) is 5.75 Å². The first-order valence-electron chi connectivity index (χ1n) is 4.73. The van der Waals surface area contributed by atoms with Crippen LogP contribution in [0.3, 0.4) is 0 Å². The van der Waals surface area contributed by atoms with Gasteiger partial charge in [-0.25, -0.2) is 0 Å². The number of carboxylic acid groups (broad SMARTS) is 1. The molecule has 1 aliphatic heterocycles. The summed E-state index contributed by atoms with van der Waals surface area (Å²) in [5, 5.41) is 7.35. The Balaban J connectivity index is 2.63. The van der Waals surface area contributed by atoms with Crippen LogP contribution in [0.15, 0.2) is 29.8 Å². The van der Waals surface area contributed by atoms with Gasteiger partial charge in [-0.1, -0.05) is 29.8 Å². The summed E-state index contributed by atoms with van der Waals surface area (Å²) < 4.78 is 43.1. The minimum atomic E-state index is -5.09. The average Bonchev–Trinajstić information content (AvgIpc) is 2.26. The van der Waals surface area contributed by atoms with Crippen LogP contribution >= 0.6 is 11.6 Å². The Morgan fingerprint density at radius 3 is 2.50 bits per heavy atom. The smallest absolute Gasteiger partial charge is 0.448 e. The molecule has 0 saturated heterocycles. The molecule has 0 amide bonds. The lowest BCUT2D eigenvalue weighted by Gasteiger charge is -2.36. The van der Waals surface area contributed by atoms with E-state index < -0.39 is 22.8 Å². The summed E-state index contributed by atoms with van der Waals surface area (Å²) >= 11 is 5.30.